The molecule has 1 aliphatic heterocycles. The Morgan fingerprint density at radius 3 is 2.51 bits per heavy atom. The molecular weight excluding hydrogens is 498 g/mol. The third-order valence-electron chi connectivity index (χ3n) is 5.36. The lowest BCUT2D eigenvalue weighted by Gasteiger charge is -2.26. The SMILES string of the molecule is COc1ccc(N2C(=O)NC(=O)/C(=C\c3cc(Cl)ccc3OCC(=O)Nc3cccc(C)c3)C2=O)cc1. The van der Waals surface area contributed by atoms with E-state index in [1.165, 1.54) is 37.5 Å². The minimum atomic E-state index is -0.882. The van der Waals surface area contributed by atoms with Crippen LogP contribution in [0.1, 0.15) is 11.1 Å². The van der Waals surface area contributed by atoms with Crippen LogP contribution >= 0.6 is 11.6 Å². The first-order valence-electron chi connectivity index (χ1n) is 11.1. The molecule has 5 amide bonds. The molecule has 3 aromatic carbocycles. The average Bonchev–Trinajstić information content (AvgIpc) is 2.86. The van der Waals surface area contributed by atoms with Crippen molar-refractivity contribution in [3.05, 3.63) is 88.5 Å². The monoisotopic (exact) mass is 519 g/mol. The smallest absolute Gasteiger partial charge is 0.335 e. The van der Waals surface area contributed by atoms with E-state index in [1.807, 2.05) is 25.1 Å². The molecule has 3 aromatic rings. The second-order valence-corrected chi connectivity index (χ2v) is 8.48. The molecule has 0 radical (unpaired) electrons. The zero-order valence-electron chi connectivity index (χ0n) is 19.9. The van der Waals surface area contributed by atoms with Crippen molar-refractivity contribution in [3.8, 4) is 11.5 Å². The molecule has 4 rings (SSSR count). The van der Waals surface area contributed by atoms with Crippen molar-refractivity contribution in [1.82, 2.24) is 5.32 Å². The first kappa shape index (κ1) is 25.5. The zero-order chi connectivity index (χ0) is 26.5. The van der Waals surface area contributed by atoms with Crippen LogP contribution in [0.5, 0.6) is 11.5 Å². The number of halogens is 1. The molecule has 2 N–H and O–H groups in total. The summed E-state index contributed by atoms with van der Waals surface area (Å²) in [6.07, 6.45) is 1.26. The van der Waals surface area contributed by atoms with Crippen LogP contribution in [0.2, 0.25) is 5.02 Å². The maximum absolute atomic E-state index is 13.2. The van der Waals surface area contributed by atoms with Gasteiger partial charge in [0.1, 0.15) is 17.1 Å². The Bertz CT molecular complexity index is 1420. The molecule has 0 aliphatic carbocycles. The molecule has 1 fully saturated rings. The van der Waals surface area contributed by atoms with Crippen LogP contribution in [0.25, 0.3) is 6.08 Å². The number of imide groups is 2. The molecule has 9 nitrogen and oxygen atoms in total. The number of methoxy groups -OCH3 is 1. The Kier molecular flexibility index (Phi) is 7.55. The number of rotatable bonds is 7. The third kappa shape index (κ3) is 5.96. The first-order chi connectivity index (χ1) is 17.7. The van der Waals surface area contributed by atoms with Gasteiger partial charge in [0.2, 0.25) is 0 Å². The molecule has 0 bridgehead atoms. The highest BCUT2D eigenvalue weighted by Crippen LogP contribution is 2.28. The van der Waals surface area contributed by atoms with Crippen molar-refractivity contribution in [1.29, 1.82) is 0 Å². The summed E-state index contributed by atoms with van der Waals surface area (Å²) in [6.45, 7) is 1.58. The quantitative estimate of drug-likeness (QED) is 0.354. The van der Waals surface area contributed by atoms with Crippen LogP contribution in [0.4, 0.5) is 16.2 Å². The number of benzene rings is 3. The van der Waals surface area contributed by atoms with Crippen LogP contribution < -0.4 is 25.0 Å². The van der Waals surface area contributed by atoms with Gasteiger partial charge in [-0.25, -0.2) is 9.69 Å². The summed E-state index contributed by atoms with van der Waals surface area (Å²) >= 11 is 6.14. The highest BCUT2D eigenvalue weighted by molar-refractivity contribution is 6.39. The van der Waals surface area contributed by atoms with Crippen molar-refractivity contribution in [2.24, 2.45) is 0 Å². The molecule has 188 valence electrons. The number of aryl methyl sites for hydroxylation is 1. The fourth-order valence-electron chi connectivity index (χ4n) is 3.61. The van der Waals surface area contributed by atoms with Crippen LogP contribution in [0, 0.1) is 6.92 Å². The van der Waals surface area contributed by atoms with Crippen LogP contribution in [-0.2, 0) is 14.4 Å². The maximum Gasteiger partial charge on any atom is 0.335 e. The number of amides is 5. The van der Waals surface area contributed by atoms with Crippen molar-refractivity contribution in [2.45, 2.75) is 6.92 Å². The predicted molar refractivity (Wildman–Crippen MR) is 139 cm³/mol. The van der Waals surface area contributed by atoms with Crippen molar-refractivity contribution in [2.75, 3.05) is 23.9 Å². The summed E-state index contributed by atoms with van der Waals surface area (Å²) in [4.78, 5) is 51.5. The molecule has 37 heavy (non-hydrogen) atoms. The van der Waals surface area contributed by atoms with Crippen LogP contribution in [-0.4, -0.2) is 37.5 Å². The summed E-state index contributed by atoms with van der Waals surface area (Å²) in [5.74, 6) is -1.36. The van der Waals surface area contributed by atoms with Gasteiger partial charge in [-0.1, -0.05) is 23.7 Å². The van der Waals surface area contributed by atoms with Gasteiger partial charge in [-0.15, -0.1) is 0 Å². The summed E-state index contributed by atoms with van der Waals surface area (Å²) in [5.41, 5.74) is 1.82. The molecule has 0 unspecified atom stereocenters. The number of ether oxygens (including phenoxy) is 2. The number of barbiturate groups is 1. The van der Waals surface area contributed by atoms with Gasteiger partial charge in [0, 0.05) is 16.3 Å². The first-order valence-corrected chi connectivity index (χ1v) is 11.5. The van der Waals surface area contributed by atoms with Gasteiger partial charge in [-0.3, -0.25) is 19.7 Å². The van der Waals surface area contributed by atoms with Gasteiger partial charge < -0.3 is 14.8 Å². The Balaban J connectivity index is 1.57. The standard InChI is InChI=1S/C27H22ClN3O6/c1-16-4-3-5-19(12-16)29-24(32)15-37-23-11-6-18(28)13-17(23)14-22-25(33)30-27(35)31(26(22)34)20-7-9-21(36-2)10-8-20/h3-14H,15H2,1-2H3,(H,29,32)(H,30,33,35)/b22-14+. The number of carbonyl (C=O) groups excluding carboxylic acids is 4. The predicted octanol–water partition coefficient (Wildman–Crippen LogP) is 4.34. The summed E-state index contributed by atoms with van der Waals surface area (Å²) < 4.78 is 10.8. The molecule has 0 spiro atoms. The topological polar surface area (TPSA) is 114 Å². The largest absolute Gasteiger partial charge is 0.497 e. The van der Waals surface area contributed by atoms with Gasteiger partial charge in [0.05, 0.1) is 12.8 Å². The molecule has 0 aromatic heterocycles. The van der Waals surface area contributed by atoms with Gasteiger partial charge in [-0.05, 0) is 73.2 Å². The van der Waals surface area contributed by atoms with Crippen LogP contribution in [0.15, 0.2) is 72.3 Å². The number of nitrogens with zero attached hydrogens (tertiary/aromatic N) is 1. The van der Waals surface area contributed by atoms with Crippen molar-refractivity contribution < 1.29 is 28.7 Å². The minimum absolute atomic E-state index is 0.213. The second-order valence-electron chi connectivity index (χ2n) is 8.04. The van der Waals surface area contributed by atoms with Crippen molar-refractivity contribution >= 4 is 52.8 Å². The number of carbonyl (C=O) groups is 4. The van der Waals surface area contributed by atoms with Gasteiger partial charge >= 0.3 is 6.03 Å². The fraction of sp³-hybridized carbons (Fsp3) is 0.111. The summed E-state index contributed by atoms with van der Waals surface area (Å²) in [6, 6.07) is 17.2. The molecule has 1 saturated heterocycles. The van der Waals surface area contributed by atoms with Gasteiger partial charge in [0.15, 0.2) is 6.61 Å². The molecule has 10 heteroatoms. The lowest BCUT2D eigenvalue weighted by Crippen LogP contribution is -2.54. The van der Waals surface area contributed by atoms with E-state index in [-0.39, 0.29) is 29.2 Å². The Labute approximate surface area is 217 Å². The summed E-state index contributed by atoms with van der Waals surface area (Å²) in [5, 5.41) is 5.22. The third-order valence-corrected chi connectivity index (χ3v) is 5.60. The normalized spacial score (nSPS) is 14.4. The number of nitrogens with one attached hydrogen (secondary N) is 2. The molecule has 1 heterocycles. The highest BCUT2D eigenvalue weighted by atomic mass is 35.5. The Hall–Kier alpha value is -4.63. The van der Waals surface area contributed by atoms with Gasteiger partial charge in [-0.2, -0.15) is 0 Å². The zero-order valence-corrected chi connectivity index (χ0v) is 20.7. The molecule has 0 saturated carbocycles. The van der Waals surface area contributed by atoms with E-state index in [0.29, 0.717) is 16.5 Å². The number of hydrogen-bond acceptors (Lipinski definition) is 6. The number of urea groups is 1. The fourth-order valence-corrected chi connectivity index (χ4v) is 3.79. The van der Waals surface area contributed by atoms with E-state index in [9.17, 15) is 19.2 Å². The van der Waals surface area contributed by atoms with Gasteiger partial charge in [0.25, 0.3) is 17.7 Å². The van der Waals surface area contributed by atoms with E-state index in [4.69, 9.17) is 21.1 Å². The lowest BCUT2D eigenvalue weighted by molar-refractivity contribution is -0.122. The van der Waals surface area contributed by atoms with Crippen LogP contribution in [0.3, 0.4) is 0 Å². The second kappa shape index (κ2) is 11.0. The van der Waals surface area contributed by atoms with E-state index in [2.05, 4.69) is 10.6 Å². The van der Waals surface area contributed by atoms with E-state index in [0.717, 1.165) is 10.5 Å². The average molecular weight is 520 g/mol. The molecule has 1 aliphatic rings. The molecule has 0 atom stereocenters. The van der Waals surface area contributed by atoms with E-state index < -0.39 is 23.8 Å². The minimum Gasteiger partial charge on any atom is -0.497 e. The lowest BCUT2D eigenvalue weighted by atomic mass is 10.1. The number of hydrogen-bond donors (Lipinski definition) is 2. The van der Waals surface area contributed by atoms with E-state index >= 15 is 0 Å². The molecular formula is C27H22ClN3O6. The highest BCUT2D eigenvalue weighted by Gasteiger charge is 2.37. The summed E-state index contributed by atoms with van der Waals surface area (Å²) in [7, 11) is 1.49. The van der Waals surface area contributed by atoms with E-state index in [1.54, 1.807) is 24.3 Å². The van der Waals surface area contributed by atoms with Crippen molar-refractivity contribution in [3.63, 3.8) is 0 Å². The Morgan fingerprint density at radius 2 is 1.81 bits per heavy atom. The Morgan fingerprint density at radius 1 is 1.05 bits per heavy atom. The number of anilines is 2. The maximum atomic E-state index is 13.2.